The van der Waals surface area contributed by atoms with E-state index in [-0.39, 0.29) is 4.90 Å². The molecule has 0 saturated heterocycles. The van der Waals surface area contributed by atoms with Crippen LogP contribution in [0.2, 0.25) is 0 Å². The Morgan fingerprint density at radius 3 is 2.44 bits per heavy atom. The molecule has 0 amide bonds. The van der Waals surface area contributed by atoms with Crippen molar-refractivity contribution in [1.29, 1.82) is 0 Å². The van der Waals surface area contributed by atoms with E-state index >= 15 is 0 Å². The van der Waals surface area contributed by atoms with Gasteiger partial charge >= 0.3 is 0 Å². The first-order valence-electron chi connectivity index (χ1n) is 5.88. The second-order valence-electron chi connectivity index (χ2n) is 4.29. The van der Waals surface area contributed by atoms with Crippen molar-refractivity contribution >= 4 is 15.7 Å². The molecular formula is C12H21N3O2S. The predicted molar refractivity (Wildman–Crippen MR) is 73.8 cm³/mol. The van der Waals surface area contributed by atoms with Crippen LogP contribution < -0.4 is 5.73 Å². The molecule has 0 unspecified atom stereocenters. The number of likely N-dealkylation sites (N-methyl/N-ethyl adjacent to an activating group) is 2. The van der Waals surface area contributed by atoms with E-state index in [1.54, 1.807) is 25.2 Å². The summed E-state index contributed by atoms with van der Waals surface area (Å²) in [5.41, 5.74) is 6.06. The second-order valence-corrected chi connectivity index (χ2v) is 6.34. The lowest BCUT2D eigenvalue weighted by Gasteiger charge is -2.21. The highest BCUT2D eigenvalue weighted by Crippen LogP contribution is 2.16. The zero-order chi connectivity index (χ0) is 13.8. The van der Waals surface area contributed by atoms with E-state index in [9.17, 15) is 8.42 Å². The number of hydrogen-bond acceptors (Lipinski definition) is 4. The Hall–Kier alpha value is -1.11. The molecule has 0 aromatic heterocycles. The lowest BCUT2D eigenvalue weighted by atomic mass is 10.3. The average molecular weight is 271 g/mol. The van der Waals surface area contributed by atoms with Gasteiger partial charge in [-0.05, 0) is 31.8 Å². The predicted octanol–water partition coefficient (Wildman–Crippen LogP) is 0.841. The Bertz CT molecular complexity index is 488. The summed E-state index contributed by atoms with van der Waals surface area (Å²) in [6, 6.07) is 6.36. The quantitative estimate of drug-likeness (QED) is 0.779. The minimum absolute atomic E-state index is 0.240. The van der Waals surface area contributed by atoms with Gasteiger partial charge in [-0.2, -0.15) is 4.31 Å². The van der Waals surface area contributed by atoms with E-state index in [1.165, 1.54) is 10.4 Å². The monoisotopic (exact) mass is 271 g/mol. The lowest BCUT2D eigenvalue weighted by molar-refractivity contribution is 0.321. The molecule has 0 aliphatic heterocycles. The molecule has 102 valence electrons. The lowest BCUT2D eigenvalue weighted by Crippen LogP contribution is -2.34. The highest BCUT2D eigenvalue weighted by Gasteiger charge is 2.20. The van der Waals surface area contributed by atoms with Crippen LogP contribution in [0, 0.1) is 0 Å². The molecule has 0 aliphatic carbocycles. The summed E-state index contributed by atoms with van der Waals surface area (Å²) in [4.78, 5) is 2.30. The summed E-state index contributed by atoms with van der Waals surface area (Å²) in [5, 5.41) is 0. The van der Waals surface area contributed by atoms with Crippen molar-refractivity contribution in [2.75, 3.05) is 39.5 Å². The highest BCUT2D eigenvalue weighted by molar-refractivity contribution is 7.89. The molecule has 0 radical (unpaired) electrons. The number of benzene rings is 1. The molecular weight excluding hydrogens is 250 g/mol. The van der Waals surface area contributed by atoms with E-state index < -0.39 is 10.0 Å². The Morgan fingerprint density at radius 1 is 1.22 bits per heavy atom. The molecule has 0 heterocycles. The third-order valence-electron chi connectivity index (χ3n) is 2.90. The van der Waals surface area contributed by atoms with Crippen LogP contribution in [0.25, 0.3) is 0 Å². The Kier molecular flexibility index (Phi) is 5.13. The zero-order valence-corrected chi connectivity index (χ0v) is 11.9. The molecule has 0 aliphatic rings. The van der Waals surface area contributed by atoms with Gasteiger partial charge in [0.1, 0.15) is 0 Å². The molecule has 1 aromatic carbocycles. The number of rotatable bonds is 6. The summed E-state index contributed by atoms with van der Waals surface area (Å²) in [5.74, 6) is 0. The second kappa shape index (κ2) is 6.17. The van der Waals surface area contributed by atoms with Gasteiger partial charge in [0.25, 0.3) is 0 Å². The first kappa shape index (κ1) is 14.9. The van der Waals surface area contributed by atoms with Crippen LogP contribution in [0.5, 0.6) is 0 Å². The van der Waals surface area contributed by atoms with Gasteiger partial charge in [-0.3, -0.25) is 0 Å². The van der Waals surface area contributed by atoms with Gasteiger partial charge in [-0.25, -0.2) is 8.42 Å². The van der Waals surface area contributed by atoms with Crippen LogP contribution >= 0.6 is 0 Å². The molecule has 6 heteroatoms. The molecule has 0 fully saturated rings. The standard InChI is InChI=1S/C12H21N3O2S/c1-4-14(2)8-9-15(3)18(16,17)12-7-5-6-11(13)10-12/h5-7,10H,4,8-9,13H2,1-3H3. The first-order valence-corrected chi connectivity index (χ1v) is 7.32. The molecule has 2 N–H and O–H groups in total. The van der Waals surface area contributed by atoms with Crippen molar-refractivity contribution in [3.63, 3.8) is 0 Å². The van der Waals surface area contributed by atoms with Crippen molar-refractivity contribution in [3.05, 3.63) is 24.3 Å². The number of nitrogens with zero attached hydrogens (tertiary/aromatic N) is 2. The fraction of sp³-hybridized carbons (Fsp3) is 0.500. The molecule has 18 heavy (non-hydrogen) atoms. The SMILES string of the molecule is CCN(C)CCN(C)S(=O)(=O)c1cccc(N)c1. The van der Waals surface area contributed by atoms with Gasteiger partial charge in [-0.1, -0.05) is 13.0 Å². The maximum Gasteiger partial charge on any atom is 0.242 e. The van der Waals surface area contributed by atoms with Crippen molar-refractivity contribution in [1.82, 2.24) is 9.21 Å². The zero-order valence-electron chi connectivity index (χ0n) is 11.1. The maximum atomic E-state index is 12.2. The van der Waals surface area contributed by atoms with Crippen LogP contribution in [-0.4, -0.2) is 51.4 Å². The van der Waals surface area contributed by atoms with Crippen molar-refractivity contribution in [2.24, 2.45) is 0 Å². The first-order chi connectivity index (χ1) is 8.37. The summed E-state index contributed by atoms with van der Waals surface area (Å²) < 4.78 is 25.8. The largest absolute Gasteiger partial charge is 0.399 e. The minimum atomic E-state index is -3.44. The molecule has 5 nitrogen and oxygen atoms in total. The van der Waals surface area contributed by atoms with Crippen LogP contribution in [0.3, 0.4) is 0 Å². The fourth-order valence-electron chi connectivity index (χ4n) is 1.44. The van der Waals surface area contributed by atoms with Gasteiger partial charge in [0.15, 0.2) is 0 Å². The van der Waals surface area contributed by atoms with Crippen molar-refractivity contribution in [2.45, 2.75) is 11.8 Å². The minimum Gasteiger partial charge on any atom is -0.399 e. The van der Waals surface area contributed by atoms with Gasteiger partial charge in [0.05, 0.1) is 4.90 Å². The number of nitrogen functional groups attached to an aromatic ring is 1. The Labute approximate surface area is 109 Å². The van der Waals surface area contributed by atoms with Crippen molar-refractivity contribution < 1.29 is 8.42 Å². The normalized spacial score (nSPS) is 12.3. The van der Waals surface area contributed by atoms with E-state index in [2.05, 4.69) is 4.90 Å². The summed E-state index contributed by atoms with van der Waals surface area (Å²) in [7, 11) is 0.106. The van der Waals surface area contributed by atoms with Gasteiger partial charge in [0, 0.05) is 25.8 Å². The summed E-state index contributed by atoms with van der Waals surface area (Å²) in [6.45, 7) is 4.09. The summed E-state index contributed by atoms with van der Waals surface area (Å²) >= 11 is 0. The van der Waals surface area contributed by atoms with E-state index in [0.29, 0.717) is 18.8 Å². The number of nitrogens with two attached hydrogens (primary N) is 1. The number of sulfonamides is 1. The third kappa shape index (κ3) is 3.69. The van der Waals surface area contributed by atoms with Gasteiger partial charge in [-0.15, -0.1) is 0 Å². The Balaban J connectivity index is 2.80. The summed E-state index contributed by atoms with van der Waals surface area (Å²) in [6.07, 6.45) is 0. The Morgan fingerprint density at radius 2 is 1.89 bits per heavy atom. The molecule has 0 atom stereocenters. The van der Waals surface area contributed by atoms with Gasteiger partial charge in [0.2, 0.25) is 10.0 Å². The topological polar surface area (TPSA) is 66.6 Å². The van der Waals surface area contributed by atoms with Crippen LogP contribution in [0.15, 0.2) is 29.2 Å². The van der Waals surface area contributed by atoms with E-state index in [4.69, 9.17) is 5.73 Å². The molecule has 1 rings (SSSR count). The maximum absolute atomic E-state index is 12.2. The van der Waals surface area contributed by atoms with Crippen LogP contribution in [-0.2, 0) is 10.0 Å². The number of anilines is 1. The molecule has 1 aromatic rings. The molecule has 0 saturated carbocycles. The van der Waals surface area contributed by atoms with Crippen LogP contribution in [0.1, 0.15) is 6.92 Å². The van der Waals surface area contributed by atoms with Crippen LogP contribution in [0.4, 0.5) is 5.69 Å². The molecule has 0 bridgehead atoms. The average Bonchev–Trinajstić information content (AvgIpc) is 2.35. The smallest absolute Gasteiger partial charge is 0.242 e. The third-order valence-corrected chi connectivity index (χ3v) is 4.76. The van der Waals surface area contributed by atoms with E-state index in [1.807, 2.05) is 14.0 Å². The van der Waals surface area contributed by atoms with Gasteiger partial charge < -0.3 is 10.6 Å². The molecule has 0 spiro atoms. The fourth-order valence-corrected chi connectivity index (χ4v) is 2.66. The highest BCUT2D eigenvalue weighted by atomic mass is 32.2. The number of hydrogen-bond donors (Lipinski definition) is 1. The van der Waals surface area contributed by atoms with E-state index in [0.717, 1.165) is 6.54 Å². The van der Waals surface area contributed by atoms with Crippen molar-refractivity contribution in [3.8, 4) is 0 Å².